The van der Waals surface area contributed by atoms with E-state index >= 15 is 0 Å². The summed E-state index contributed by atoms with van der Waals surface area (Å²) in [6.45, 7) is 2.49. The SMILES string of the molecule is COCCCNC(=O)c1ccccc1NC(=O)[C@H](C)N1c2cccc3cccc(c23)S1(=O)=O. The fourth-order valence-electron chi connectivity index (χ4n) is 3.99. The molecule has 0 aliphatic carbocycles. The zero-order valence-electron chi connectivity index (χ0n) is 18.4. The summed E-state index contributed by atoms with van der Waals surface area (Å²) >= 11 is 0. The molecule has 172 valence electrons. The van der Waals surface area contributed by atoms with E-state index in [0.717, 1.165) is 9.69 Å². The van der Waals surface area contributed by atoms with Crippen molar-refractivity contribution < 1.29 is 22.7 Å². The molecule has 0 spiro atoms. The molecule has 0 saturated heterocycles. The lowest BCUT2D eigenvalue weighted by atomic mass is 10.1. The first-order valence-corrected chi connectivity index (χ1v) is 12.0. The number of ether oxygens (including phenoxy) is 1. The topological polar surface area (TPSA) is 105 Å². The highest BCUT2D eigenvalue weighted by Crippen LogP contribution is 2.43. The molecule has 4 rings (SSSR count). The van der Waals surface area contributed by atoms with Crippen LogP contribution in [0.5, 0.6) is 0 Å². The molecule has 0 bridgehead atoms. The van der Waals surface area contributed by atoms with Crippen LogP contribution in [0.25, 0.3) is 10.8 Å². The number of sulfonamides is 1. The maximum absolute atomic E-state index is 13.3. The standard InChI is InChI=1S/C24H25N3O5S/c1-16(27-20-12-5-8-17-9-6-13-21(22(17)20)33(27,30)31)23(28)26-19-11-4-3-10-18(19)24(29)25-14-7-15-32-2/h3-6,8-13,16H,7,14-15H2,1-2H3,(H,25,29)(H,26,28)/t16-/m0/s1. The quantitative estimate of drug-likeness (QED) is 0.495. The number of hydrogen-bond donors (Lipinski definition) is 2. The van der Waals surface area contributed by atoms with Gasteiger partial charge in [0.25, 0.3) is 15.9 Å². The molecule has 1 atom stereocenters. The second-order valence-electron chi connectivity index (χ2n) is 7.75. The lowest BCUT2D eigenvalue weighted by molar-refractivity contribution is -0.116. The van der Waals surface area contributed by atoms with Gasteiger partial charge < -0.3 is 15.4 Å². The van der Waals surface area contributed by atoms with Crippen LogP contribution in [-0.4, -0.2) is 46.5 Å². The van der Waals surface area contributed by atoms with Gasteiger partial charge in [0.1, 0.15) is 6.04 Å². The molecule has 8 nitrogen and oxygen atoms in total. The van der Waals surface area contributed by atoms with Crippen LogP contribution in [-0.2, 0) is 19.6 Å². The number of carbonyl (C=O) groups excluding carboxylic acids is 2. The summed E-state index contributed by atoms with van der Waals surface area (Å²) in [6, 6.07) is 16.0. The number of hydrogen-bond acceptors (Lipinski definition) is 5. The van der Waals surface area contributed by atoms with E-state index < -0.39 is 22.0 Å². The minimum Gasteiger partial charge on any atom is -0.385 e. The van der Waals surface area contributed by atoms with Crippen LogP contribution < -0.4 is 14.9 Å². The van der Waals surface area contributed by atoms with Crippen molar-refractivity contribution in [3.8, 4) is 0 Å². The predicted molar refractivity (Wildman–Crippen MR) is 127 cm³/mol. The van der Waals surface area contributed by atoms with Crippen LogP contribution >= 0.6 is 0 Å². The summed E-state index contributed by atoms with van der Waals surface area (Å²) in [4.78, 5) is 26.0. The Labute approximate surface area is 192 Å². The zero-order chi connectivity index (χ0) is 23.6. The van der Waals surface area contributed by atoms with Crippen LogP contribution in [0, 0.1) is 0 Å². The van der Waals surface area contributed by atoms with E-state index in [1.807, 2.05) is 12.1 Å². The monoisotopic (exact) mass is 467 g/mol. The molecule has 2 N–H and O–H groups in total. The average Bonchev–Trinajstić information content (AvgIpc) is 3.04. The minimum atomic E-state index is -3.90. The van der Waals surface area contributed by atoms with E-state index in [0.29, 0.717) is 41.9 Å². The number of methoxy groups -OCH3 is 1. The lowest BCUT2D eigenvalue weighted by Crippen LogP contribution is -2.44. The Bertz CT molecular complexity index is 1320. The van der Waals surface area contributed by atoms with Gasteiger partial charge in [-0.15, -0.1) is 0 Å². The normalized spacial score (nSPS) is 14.8. The smallest absolute Gasteiger partial charge is 0.265 e. The van der Waals surface area contributed by atoms with Gasteiger partial charge in [-0.05, 0) is 43.0 Å². The Morgan fingerprint density at radius 2 is 1.76 bits per heavy atom. The summed E-state index contributed by atoms with van der Waals surface area (Å²) < 4.78 is 32.7. The van der Waals surface area contributed by atoms with Crippen LogP contribution in [0.15, 0.2) is 65.6 Å². The Kier molecular flexibility index (Phi) is 6.35. The minimum absolute atomic E-state index is 0.186. The van der Waals surface area contributed by atoms with Gasteiger partial charge in [-0.1, -0.05) is 36.4 Å². The Hall–Kier alpha value is -3.43. The molecule has 9 heteroatoms. The maximum atomic E-state index is 13.3. The fourth-order valence-corrected chi connectivity index (χ4v) is 5.85. The van der Waals surface area contributed by atoms with E-state index in [1.54, 1.807) is 55.6 Å². The van der Waals surface area contributed by atoms with Crippen LogP contribution in [0.1, 0.15) is 23.7 Å². The Morgan fingerprint density at radius 1 is 1.03 bits per heavy atom. The molecule has 3 aromatic carbocycles. The zero-order valence-corrected chi connectivity index (χ0v) is 19.2. The van der Waals surface area contributed by atoms with Gasteiger partial charge in [0.05, 0.1) is 21.8 Å². The van der Waals surface area contributed by atoms with Crippen molar-refractivity contribution in [2.45, 2.75) is 24.3 Å². The first-order chi connectivity index (χ1) is 15.9. The van der Waals surface area contributed by atoms with E-state index in [1.165, 1.54) is 6.92 Å². The van der Waals surface area contributed by atoms with Gasteiger partial charge in [0, 0.05) is 25.6 Å². The third-order valence-electron chi connectivity index (χ3n) is 5.59. The largest absolute Gasteiger partial charge is 0.385 e. The number of benzene rings is 3. The van der Waals surface area contributed by atoms with Crippen molar-refractivity contribution in [3.63, 3.8) is 0 Å². The molecule has 1 heterocycles. The highest BCUT2D eigenvalue weighted by atomic mass is 32.2. The van der Waals surface area contributed by atoms with Crippen molar-refractivity contribution >= 4 is 44.0 Å². The van der Waals surface area contributed by atoms with E-state index in [9.17, 15) is 18.0 Å². The number of rotatable bonds is 8. The van der Waals surface area contributed by atoms with Gasteiger partial charge in [-0.2, -0.15) is 0 Å². The van der Waals surface area contributed by atoms with Crippen molar-refractivity contribution in [1.82, 2.24) is 5.32 Å². The summed E-state index contributed by atoms with van der Waals surface area (Å²) in [7, 11) is -2.31. The summed E-state index contributed by atoms with van der Waals surface area (Å²) in [5.74, 6) is -0.872. The van der Waals surface area contributed by atoms with Gasteiger partial charge in [-0.25, -0.2) is 8.42 Å². The molecule has 2 amide bonds. The molecule has 0 unspecified atom stereocenters. The molecule has 3 aromatic rings. The van der Waals surface area contributed by atoms with Crippen molar-refractivity contribution in [2.24, 2.45) is 0 Å². The molecular weight excluding hydrogens is 442 g/mol. The van der Waals surface area contributed by atoms with Gasteiger partial charge in [0.15, 0.2) is 0 Å². The van der Waals surface area contributed by atoms with Crippen molar-refractivity contribution in [2.75, 3.05) is 29.9 Å². The summed E-state index contributed by atoms with van der Waals surface area (Å²) in [5, 5.41) is 6.93. The molecule has 0 fully saturated rings. The number of nitrogens with one attached hydrogen (secondary N) is 2. The fraction of sp³-hybridized carbons (Fsp3) is 0.250. The highest BCUT2D eigenvalue weighted by molar-refractivity contribution is 7.93. The number of amides is 2. The average molecular weight is 468 g/mol. The lowest BCUT2D eigenvalue weighted by Gasteiger charge is -2.25. The van der Waals surface area contributed by atoms with Crippen LogP contribution in [0.3, 0.4) is 0 Å². The summed E-state index contributed by atoms with van der Waals surface area (Å²) in [6.07, 6.45) is 0.659. The highest BCUT2D eigenvalue weighted by Gasteiger charge is 2.41. The molecular formula is C24H25N3O5S. The van der Waals surface area contributed by atoms with Gasteiger partial charge in [-0.3, -0.25) is 13.9 Å². The molecule has 1 aliphatic rings. The van der Waals surface area contributed by atoms with Crippen LogP contribution in [0.2, 0.25) is 0 Å². The second-order valence-corrected chi connectivity index (χ2v) is 9.53. The van der Waals surface area contributed by atoms with Crippen molar-refractivity contribution in [1.29, 1.82) is 0 Å². The number of nitrogens with zero attached hydrogens (tertiary/aromatic N) is 1. The number of anilines is 2. The summed E-state index contributed by atoms with van der Waals surface area (Å²) in [5.41, 5.74) is 1.07. The molecule has 0 radical (unpaired) electrons. The van der Waals surface area contributed by atoms with Crippen LogP contribution in [0.4, 0.5) is 11.4 Å². The van der Waals surface area contributed by atoms with E-state index in [4.69, 9.17) is 4.74 Å². The van der Waals surface area contributed by atoms with E-state index in [-0.39, 0.29) is 10.8 Å². The first kappa shape index (κ1) is 22.8. The predicted octanol–water partition coefficient (Wildman–Crippen LogP) is 3.14. The number of carbonyl (C=O) groups is 2. The number of para-hydroxylation sites is 1. The third-order valence-corrected chi connectivity index (χ3v) is 7.52. The molecule has 0 saturated carbocycles. The third kappa shape index (κ3) is 4.17. The first-order valence-electron chi connectivity index (χ1n) is 10.6. The van der Waals surface area contributed by atoms with Gasteiger partial charge >= 0.3 is 0 Å². The second kappa shape index (κ2) is 9.21. The maximum Gasteiger partial charge on any atom is 0.265 e. The molecule has 0 aromatic heterocycles. The van der Waals surface area contributed by atoms with Crippen molar-refractivity contribution in [3.05, 3.63) is 66.2 Å². The van der Waals surface area contributed by atoms with Gasteiger partial charge in [0.2, 0.25) is 5.91 Å². The molecule has 1 aliphatic heterocycles. The Balaban J connectivity index is 1.58. The molecule has 33 heavy (non-hydrogen) atoms. The Morgan fingerprint density at radius 3 is 2.52 bits per heavy atom. The van der Waals surface area contributed by atoms with E-state index in [2.05, 4.69) is 10.6 Å².